The molecule has 0 fully saturated rings. The molecule has 0 aliphatic carbocycles. The van der Waals surface area contributed by atoms with Gasteiger partial charge in [-0.3, -0.25) is 4.79 Å². The minimum Gasteiger partial charge on any atom is -0.339 e. The van der Waals surface area contributed by atoms with Crippen molar-refractivity contribution >= 4 is 22.9 Å². The maximum Gasteiger partial charge on any atom is 0.226 e. The average Bonchev–Trinajstić information content (AvgIpc) is 3.43. The Labute approximate surface area is 172 Å². The number of para-hydroxylation sites is 2. The molecule has 148 valence electrons. The summed E-state index contributed by atoms with van der Waals surface area (Å²) < 4.78 is 7.13. The lowest BCUT2D eigenvalue weighted by Gasteiger charge is -2.12. The molecule has 1 N–H and O–H groups in total. The molecule has 0 aliphatic rings. The second kappa shape index (κ2) is 8.40. The number of benzene rings is 1. The van der Waals surface area contributed by atoms with Crippen LogP contribution < -0.4 is 5.32 Å². The lowest BCUT2D eigenvalue weighted by Crippen LogP contribution is -2.14. The SMILES string of the molecule is Cc1cc(C)n(-c2ccccc2NC(=O)CCCc2nc(-c3cccs3)no2)n1. The Hall–Kier alpha value is -3.26. The molecule has 7 nitrogen and oxygen atoms in total. The number of hydrogen-bond donors (Lipinski definition) is 1. The molecule has 0 saturated carbocycles. The summed E-state index contributed by atoms with van der Waals surface area (Å²) in [4.78, 5) is 17.8. The predicted molar refractivity (Wildman–Crippen MR) is 112 cm³/mol. The summed E-state index contributed by atoms with van der Waals surface area (Å²) in [6.07, 6.45) is 1.55. The minimum atomic E-state index is -0.0584. The monoisotopic (exact) mass is 407 g/mol. The van der Waals surface area contributed by atoms with E-state index in [0.717, 1.165) is 27.6 Å². The summed E-state index contributed by atoms with van der Waals surface area (Å²) in [5, 5.41) is 13.5. The van der Waals surface area contributed by atoms with Crippen LogP contribution in [0.15, 0.2) is 52.4 Å². The highest BCUT2D eigenvalue weighted by Crippen LogP contribution is 2.23. The van der Waals surface area contributed by atoms with Gasteiger partial charge in [-0.05, 0) is 49.9 Å². The molecule has 0 saturated heterocycles. The van der Waals surface area contributed by atoms with Crippen LogP contribution in [0.3, 0.4) is 0 Å². The normalized spacial score (nSPS) is 11.0. The summed E-state index contributed by atoms with van der Waals surface area (Å²) in [7, 11) is 0. The first-order chi connectivity index (χ1) is 14.1. The van der Waals surface area contributed by atoms with Gasteiger partial charge in [-0.2, -0.15) is 10.1 Å². The van der Waals surface area contributed by atoms with Gasteiger partial charge in [-0.25, -0.2) is 4.68 Å². The molecule has 4 aromatic rings. The maximum atomic E-state index is 12.5. The Morgan fingerprint density at radius 2 is 2.07 bits per heavy atom. The third-order valence-electron chi connectivity index (χ3n) is 4.42. The molecule has 1 aromatic carbocycles. The molecule has 4 rings (SSSR count). The molecule has 3 aromatic heterocycles. The van der Waals surface area contributed by atoms with Crippen molar-refractivity contribution in [2.75, 3.05) is 5.32 Å². The Morgan fingerprint density at radius 3 is 2.83 bits per heavy atom. The number of aromatic nitrogens is 4. The molecule has 3 heterocycles. The molecule has 0 radical (unpaired) electrons. The van der Waals surface area contributed by atoms with E-state index < -0.39 is 0 Å². The van der Waals surface area contributed by atoms with Crippen LogP contribution in [0, 0.1) is 13.8 Å². The van der Waals surface area contributed by atoms with E-state index >= 15 is 0 Å². The second-order valence-electron chi connectivity index (χ2n) is 6.75. The van der Waals surface area contributed by atoms with Gasteiger partial charge in [0.25, 0.3) is 0 Å². The first-order valence-electron chi connectivity index (χ1n) is 9.39. The van der Waals surface area contributed by atoms with E-state index in [9.17, 15) is 4.79 Å². The van der Waals surface area contributed by atoms with E-state index in [4.69, 9.17) is 4.52 Å². The molecule has 0 atom stereocenters. The van der Waals surface area contributed by atoms with E-state index in [0.29, 0.717) is 31.0 Å². The fraction of sp³-hybridized carbons (Fsp3) is 0.238. The van der Waals surface area contributed by atoms with Crippen molar-refractivity contribution in [1.82, 2.24) is 19.9 Å². The minimum absolute atomic E-state index is 0.0584. The van der Waals surface area contributed by atoms with Crippen molar-refractivity contribution in [2.45, 2.75) is 33.1 Å². The van der Waals surface area contributed by atoms with E-state index in [1.54, 1.807) is 11.3 Å². The number of nitrogens with one attached hydrogen (secondary N) is 1. The first-order valence-corrected chi connectivity index (χ1v) is 10.3. The Bertz CT molecular complexity index is 1110. The summed E-state index contributed by atoms with van der Waals surface area (Å²) in [5.41, 5.74) is 3.54. The molecular formula is C21H21N5O2S. The largest absolute Gasteiger partial charge is 0.339 e. The van der Waals surface area contributed by atoms with Gasteiger partial charge in [0.05, 0.1) is 21.9 Å². The summed E-state index contributed by atoms with van der Waals surface area (Å²) in [5.74, 6) is 1.08. The molecule has 0 unspecified atom stereocenters. The quantitative estimate of drug-likeness (QED) is 0.485. The van der Waals surface area contributed by atoms with Crippen LogP contribution in [0.5, 0.6) is 0 Å². The van der Waals surface area contributed by atoms with Crippen molar-refractivity contribution in [3.63, 3.8) is 0 Å². The number of nitrogens with zero attached hydrogens (tertiary/aromatic N) is 4. The van der Waals surface area contributed by atoms with E-state index in [1.165, 1.54) is 0 Å². The van der Waals surface area contributed by atoms with E-state index in [1.807, 2.05) is 66.4 Å². The molecule has 0 spiro atoms. The molecule has 1 amide bonds. The molecule has 8 heteroatoms. The van der Waals surface area contributed by atoms with Crippen molar-refractivity contribution in [3.05, 3.63) is 65.1 Å². The van der Waals surface area contributed by atoms with Gasteiger partial charge in [-0.1, -0.05) is 23.4 Å². The number of carbonyl (C=O) groups is 1. The second-order valence-corrected chi connectivity index (χ2v) is 7.69. The smallest absolute Gasteiger partial charge is 0.226 e. The summed E-state index contributed by atoms with van der Waals surface area (Å²) >= 11 is 1.57. The molecule has 0 aliphatic heterocycles. The number of thiophene rings is 1. The maximum absolute atomic E-state index is 12.5. The summed E-state index contributed by atoms with van der Waals surface area (Å²) in [6, 6.07) is 13.6. The highest BCUT2D eigenvalue weighted by molar-refractivity contribution is 7.13. The zero-order valence-corrected chi connectivity index (χ0v) is 17.1. The number of carbonyl (C=O) groups excluding carboxylic acids is 1. The van der Waals surface area contributed by atoms with Crippen LogP contribution >= 0.6 is 11.3 Å². The number of anilines is 1. The summed E-state index contributed by atoms with van der Waals surface area (Å²) in [6.45, 7) is 3.94. The number of rotatable bonds is 7. The number of aryl methyl sites for hydroxylation is 3. The van der Waals surface area contributed by atoms with E-state index in [2.05, 4.69) is 20.6 Å². The van der Waals surface area contributed by atoms with Gasteiger partial charge in [0.15, 0.2) is 0 Å². The average molecular weight is 407 g/mol. The molecule has 29 heavy (non-hydrogen) atoms. The van der Waals surface area contributed by atoms with Crippen LogP contribution in [0.2, 0.25) is 0 Å². The van der Waals surface area contributed by atoms with Gasteiger partial charge < -0.3 is 9.84 Å². The molecular weight excluding hydrogens is 386 g/mol. The van der Waals surface area contributed by atoms with Crippen LogP contribution in [0.25, 0.3) is 16.4 Å². The van der Waals surface area contributed by atoms with Gasteiger partial charge in [0.1, 0.15) is 0 Å². The highest BCUT2D eigenvalue weighted by Gasteiger charge is 2.13. The predicted octanol–water partition coefficient (Wildman–Crippen LogP) is 4.56. The Kier molecular flexibility index (Phi) is 5.53. The zero-order chi connectivity index (χ0) is 20.2. The van der Waals surface area contributed by atoms with Crippen molar-refractivity contribution in [3.8, 4) is 16.4 Å². The van der Waals surface area contributed by atoms with Crippen molar-refractivity contribution in [2.24, 2.45) is 0 Å². The van der Waals surface area contributed by atoms with Gasteiger partial charge >= 0.3 is 0 Å². The van der Waals surface area contributed by atoms with E-state index in [-0.39, 0.29) is 5.91 Å². The van der Waals surface area contributed by atoms with Crippen LogP contribution in [-0.2, 0) is 11.2 Å². The fourth-order valence-corrected chi connectivity index (χ4v) is 3.76. The topological polar surface area (TPSA) is 85.8 Å². The van der Waals surface area contributed by atoms with Gasteiger partial charge in [0.2, 0.25) is 17.6 Å². The lowest BCUT2D eigenvalue weighted by molar-refractivity contribution is -0.116. The highest BCUT2D eigenvalue weighted by atomic mass is 32.1. The van der Waals surface area contributed by atoms with Crippen LogP contribution in [0.1, 0.15) is 30.1 Å². The third-order valence-corrected chi connectivity index (χ3v) is 5.29. The molecule has 0 bridgehead atoms. The first kappa shape index (κ1) is 19.1. The Balaban J connectivity index is 1.35. The fourth-order valence-electron chi connectivity index (χ4n) is 3.11. The number of amides is 1. The van der Waals surface area contributed by atoms with Crippen LogP contribution in [-0.4, -0.2) is 25.8 Å². The van der Waals surface area contributed by atoms with Crippen LogP contribution in [0.4, 0.5) is 5.69 Å². The van der Waals surface area contributed by atoms with Crippen molar-refractivity contribution < 1.29 is 9.32 Å². The lowest BCUT2D eigenvalue weighted by atomic mass is 10.2. The van der Waals surface area contributed by atoms with Gasteiger partial charge in [0, 0.05) is 18.5 Å². The Morgan fingerprint density at radius 1 is 1.21 bits per heavy atom. The standard InChI is InChI=1S/C21H21N5O2S/c1-14-13-15(2)26(24-14)17-8-4-3-7-16(17)22-19(27)10-5-11-20-23-21(25-28-20)18-9-6-12-29-18/h3-4,6-9,12-13H,5,10-11H2,1-2H3,(H,22,27). The zero-order valence-electron chi connectivity index (χ0n) is 16.3. The third kappa shape index (κ3) is 4.43. The van der Waals surface area contributed by atoms with Gasteiger partial charge in [-0.15, -0.1) is 11.3 Å². The van der Waals surface area contributed by atoms with Crippen molar-refractivity contribution in [1.29, 1.82) is 0 Å². The number of hydrogen-bond acceptors (Lipinski definition) is 6.